The Balaban J connectivity index is 1.77. The summed E-state index contributed by atoms with van der Waals surface area (Å²) in [7, 11) is 1.49. The van der Waals surface area contributed by atoms with Crippen molar-refractivity contribution in [1.29, 1.82) is 0 Å². The summed E-state index contributed by atoms with van der Waals surface area (Å²) in [6, 6.07) is 19.5. The summed E-state index contributed by atoms with van der Waals surface area (Å²) in [6.07, 6.45) is 8.48. The molecule has 0 unspecified atom stereocenters. The zero-order valence-corrected chi connectivity index (χ0v) is 20.3. The third-order valence-electron chi connectivity index (χ3n) is 7.40. The molecule has 1 saturated heterocycles. The second-order valence-electron chi connectivity index (χ2n) is 8.82. The van der Waals surface area contributed by atoms with Crippen LogP contribution in [0.2, 0.25) is 4.31 Å². The summed E-state index contributed by atoms with van der Waals surface area (Å²) in [6.45, 7) is 3.83. The van der Waals surface area contributed by atoms with Crippen LogP contribution in [-0.2, 0) is 14.9 Å². The minimum absolute atomic E-state index is 0.0755. The van der Waals surface area contributed by atoms with Crippen molar-refractivity contribution in [3.8, 4) is 12.3 Å². The van der Waals surface area contributed by atoms with Gasteiger partial charge in [0.2, 0.25) is 0 Å². The van der Waals surface area contributed by atoms with E-state index < -0.39 is 0 Å². The van der Waals surface area contributed by atoms with Gasteiger partial charge in [0.15, 0.2) is 0 Å². The van der Waals surface area contributed by atoms with E-state index in [1.54, 1.807) is 0 Å². The molecule has 2 heterocycles. The molecule has 2 aromatic rings. The first-order valence-corrected chi connectivity index (χ1v) is 12.9. The fraction of sp³-hybridized carbons (Fsp3) is 0.370. The standard InChI is InChI=1S/C27H28N2O2Se/c1-4-16-29-17-15-27-21-13-9-10-14-22(21)28-23(27)20(24(30)31-3)18-26(5-2,25(27)29)32-19-11-7-6-8-12-19/h1,6-14,25,28H,5,15-18H2,2-3H3/t25-,26-,27-/m0/s1. The Hall–Kier alpha value is -2.51. The zero-order valence-electron chi connectivity index (χ0n) is 18.6. The number of hydrogen-bond donors (Lipinski definition) is 1. The monoisotopic (exact) mass is 492 g/mol. The molecule has 5 rings (SSSR count). The number of fused-ring (bicyclic) bond motifs is 1. The fourth-order valence-electron chi connectivity index (χ4n) is 6.20. The van der Waals surface area contributed by atoms with Gasteiger partial charge in [-0.15, -0.1) is 0 Å². The number of rotatable bonds is 5. The van der Waals surface area contributed by atoms with Gasteiger partial charge in [0, 0.05) is 0 Å². The molecule has 1 fully saturated rings. The van der Waals surface area contributed by atoms with Crippen LogP contribution in [0.25, 0.3) is 0 Å². The summed E-state index contributed by atoms with van der Waals surface area (Å²) in [5.41, 5.74) is 3.99. The van der Waals surface area contributed by atoms with Gasteiger partial charge in [-0.1, -0.05) is 0 Å². The molecule has 1 N–H and O–H groups in total. The van der Waals surface area contributed by atoms with E-state index in [1.807, 2.05) is 0 Å². The van der Waals surface area contributed by atoms with Crippen molar-refractivity contribution in [3.05, 3.63) is 71.4 Å². The molecule has 1 spiro atoms. The van der Waals surface area contributed by atoms with Crippen LogP contribution < -0.4 is 9.78 Å². The Labute approximate surface area is 196 Å². The van der Waals surface area contributed by atoms with Gasteiger partial charge in [-0.2, -0.15) is 0 Å². The van der Waals surface area contributed by atoms with Gasteiger partial charge < -0.3 is 0 Å². The molecule has 0 amide bonds. The van der Waals surface area contributed by atoms with E-state index >= 15 is 0 Å². The van der Waals surface area contributed by atoms with Crippen LogP contribution in [0.3, 0.4) is 0 Å². The van der Waals surface area contributed by atoms with Gasteiger partial charge in [0.05, 0.1) is 0 Å². The van der Waals surface area contributed by atoms with Crippen molar-refractivity contribution in [3.63, 3.8) is 0 Å². The van der Waals surface area contributed by atoms with Gasteiger partial charge in [0.1, 0.15) is 0 Å². The molecule has 2 aromatic carbocycles. The molecule has 0 saturated carbocycles. The number of nitrogens with zero attached hydrogens (tertiary/aromatic N) is 1. The third-order valence-corrected chi connectivity index (χ3v) is 10.7. The number of ether oxygens (including phenoxy) is 1. The molecule has 164 valence electrons. The quantitative estimate of drug-likeness (QED) is 0.395. The van der Waals surface area contributed by atoms with Crippen molar-refractivity contribution in [2.75, 3.05) is 25.5 Å². The predicted octanol–water partition coefficient (Wildman–Crippen LogP) is 3.49. The predicted molar refractivity (Wildman–Crippen MR) is 129 cm³/mol. The van der Waals surface area contributed by atoms with E-state index in [4.69, 9.17) is 11.2 Å². The Morgan fingerprint density at radius 3 is 2.72 bits per heavy atom. The number of benzene rings is 2. The summed E-state index contributed by atoms with van der Waals surface area (Å²) >= 11 is 0.153. The fourth-order valence-corrected chi connectivity index (χ4v) is 9.53. The Morgan fingerprint density at radius 2 is 2.00 bits per heavy atom. The van der Waals surface area contributed by atoms with Gasteiger partial charge >= 0.3 is 197 Å². The normalized spacial score (nSPS) is 28.3. The molecule has 0 radical (unpaired) electrons. The van der Waals surface area contributed by atoms with Gasteiger partial charge in [-0.3, -0.25) is 0 Å². The van der Waals surface area contributed by atoms with Gasteiger partial charge in [0.25, 0.3) is 0 Å². The van der Waals surface area contributed by atoms with Crippen LogP contribution in [0.5, 0.6) is 0 Å². The maximum absolute atomic E-state index is 13.2. The Kier molecular flexibility index (Phi) is 5.42. The molecule has 0 bridgehead atoms. The number of methoxy groups -OCH3 is 1. The molecule has 4 nitrogen and oxygen atoms in total. The second kappa shape index (κ2) is 8.12. The number of carbonyl (C=O) groups is 1. The molecular weight excluding hydrogens is 463 g/mol. The molecule has 32 heavy (non-hydrogen) atoms. The van der Waals surface area contributed by atoms with Gasteiger partial charge in [-0.25, -0.2) is 0 Å². The summed E-state index contributed by atoms with van der Waals surface area (Å²) < 4.78 is 6.61. The van der Waals surface area contributed by atoms with Crippen LogP contribution in [-0.4, -0.2) is 52.1 Å². The van der Waals surface area contributed by atoms with E-state index in [-0.39, 0.29) is 36.7 Å². The molecule has 1 aliphatic carbocycles. The first-order valence-electron chi connectivity index (χ1n) is 11.2. The number of hydrogen-bond acceptors (Lipinski definition) is 4. The Morgan fingerprint density at radius 1 is 1.25 bits per heavy atom. The summed E-state index contributed by atoms with van der Waals surface area (Å²) in [4.78, 5) is 15.7. The van der Waals surface area contributed by atoms with Crippen molar-refractivity contribution < 1.29 is 9.53 Å². The SMILES string of the molecule is C#CCN1CC[C@]23C(=C(C(=O)OC)C[C@](CC)([Se]c4ccccc4)[C@H]12)Nc1ccccc13. The molecular formula is C27H28N2O2Se. The molecule has 5 heteroatoms. The van der Waals surface area contributed by atoms with Crippen LogP contribution >= 0.6 is 0 Å². The number of nitrogens with one attached hydrogen (secondary N) is 1. The average molecular weight is 491 g/mol. The number of anilines is 1. The number of carbonyl (C=O) groups excluding carboxylic acids is 1. The third kappa shape index (κ3) is 2.98. The average Bonchev–Trinajstić information content (AvgIpc) is 3.38. The van der Waals surface area contributed by atoms with Crippen LogP contribution in [0.1, 0.15) is 31.7 Å². The van der Waals surface area contributed by atoms with Crippen molar-refractivity contribution in [2.45, 2.75) is 42.0 Å². The van der Waals surface area contributed by atoms with Crippen LogP contribution in [0, 0.1) is 12.3 Å². The molecule has 2 aliphatic heterocycles. The second-order valence-corrected chi connectivity index (χ2v) is 11.9. The van der Waals surface area contributed by atoms with Crippen molar-refractivity contribution >= 4 is 31.1 Å². The first-order chi connectivity index (χ1) is 15.6. The van der Waals surface area contributed by atoms with E-state index in [0.717, 1.165) is 36.3 Å². The van der Waals surface area contributed by atoms with Crippen molar-refractivity contribution in [2.24, 2.45) is 0 Å². The Bertz CT molecular complexity index is 1120. The first kappa shape index (κ1) is 21.3. The summed E-state index contributed by atoms with van der Waals surface area (Å²) in [5.74, 6) is 2.71. The van der Waals surface area contributed by atoms with E-state index in [2.05, 4.69) is 77.7 Å². The molecule has 3 aliphatic rings. The number of terminal acetylenes is 1. The van der Waals surface area contributed by atoms with E-state index in [9.17, 15) is 4.79 Å². The van der Waals surface area contributed by atoms with Crippen molar-refractivity contribution in [1.82, 2.24) is 4.90 Å². The summed E-state index contributed by atoms with van der Waals surface area (Å²) in [5, 5.41) is 3.66. The molecule has 0 aromatic heterocycles. The van der Waals surface area contributed by atoms with Crippen LogP contribution in [0.15, 0.2) is 65.9 Å². The van der Waals surface area contributed by atoms with Gasteiger partial charge in [-0.05, 0) is 0 Å². The van der Waals surface area contributed by atoms with Crippen LogP contribution in [0.4, 0.5) is 5.69 Å². The topological polar surface area (TPSA) is 41.6 Å². The minimum atomic E-state index is -0.262. The molecule has 3 atom stereocenters. The number of likely N-dealkylation sites (tertiary alicyclic amines) is 1. The van der Waals surface area contributed by atoms with E-state index in [1.165, 1.54) is 17.1 Å². The maximum atomic E-state index is 13.2. The number of esters is 1. The number of para-hydroxylation sites is 1. The zero-order chi connectivity index (χ0) is 22.3. The van der Waals surface area contributed by atoms with E-state index in [0.29, 0.717) is 13.0 Å².